The van der Waals surface area contributed by atoms with Gasteiger partial charge in [-0.2, -0.15) is 0 Å². The highest BCUT2D eigenvalue weighted by Crippen LogP contribution is 2.27. The van der Waals surface area contributed by atoms with E-state index < -0.39 is 11.6 Å². The highest BCUT2D eigenvalue weighted by molar-refractivity contribution is 5.57. The Hall–Kier alpha value is -2.10. The number of benzene rings is 1. The van der Waals surface area contributed by atoms with Gasteiger partial charge in [-0.1, -0.05) is 19.1 Å². The third-order valence-corrected chi connectivity index (χ3v) is 3.95. The normalized spacial score (nSPS) is 21.2. The Morgan fingerprint density at radius 3 is 2.77 bits per heavy atom. The quantitative estimate of drug-likeness (QED) is 0.828. The van der Waals surface area contributed by atoms with Crippen molar-refractivity contribution in [1.82, 2.24) is 5.32 Å². The summed E-state index contributed by atoms with van der Waals surface area (Å²) in [6, 6.07) is 3.74. The topological polar surface area (TPSA) is 24.1 Å². The Balaban J connectivity index is 2.24. The molecule has 0 saturated carbocycles. The van der Waals surface area contributed by atoms with Crippen LogP contribution in [-0.2, 0) is 0 Å². The molecule has 2 rings (SSSR count). The molecule has 2 N–H and O–H groups in total. The van der Waals surface area contributed by atoms with Gasteiger partial charge in [-0.05, 0) is 43.9 Å². The molecule has 0 fully saturated rings. The predicted octanol–water partition coefficient (Wildman–Crippen LogP) is 4.88. The monoisotopic (exact) mass is 304 g/mol. The Morgan fingerprint density at radius 1 is 1.32 bits per heavy atom. The van der Waals surface area contributed by atoms with Crippen molar-refractivity contribution in [1.29, 1.82) is 0 Å². The Bertz CT molecular complexity index is 630. The fourth-order valence-corrected chi connectivity index (χ4v) is 2.64. The van der Waals surface area contributed by atoms with Crippen LogP contribution in [0.15, 0.2) is 53.4 Å². The minimum atomic E-state index is -0.871. The molecule has 0 atom stereocenters. The number of nitrogens with one attached hydrogen (secondary N) is 2. The first-order valence-corrected chi connectivity index (χ1v) is 7.56. The molecule has 1 aromatic rings. The molecule has 2 nitrogen and oxygen atoms in total. The summed E-state index contributed by atoms with van der Waals surface area (Å²) in [5.74, 6) is -1.73. The number of anilines is 1. The maximum absolute atomic E-state index is 13.3. The molecule has 1 aromatic carbocycles. The molecule has 0 aliphatic carbocycles. The summed E-state index contributed by atoms with van der Waals surface area (Å²) in [7, 11) is 0. The van der Waals surface area contributed by atoms with Gasteiger partial charge in [0.15, 0.2) is 11.6 Å². The lowest BCUT2D eigenvalue weighted by Crippen LogP contribution is -2.15. The first-order valence-electron chi connectivity index (χ1n) is 7.56. The first kappa shape index (κ1) is 16.3. The second kappa shape index (κ2) is 7.25. The number of rotatable bonds is 4. The number of hydrogen-bond acceptors (Lipinski definition) is 2. The van der Waals surface area contributed by atoms with Crippen LogP contribution in [0.3, 0.4) is 0 Å². The van der Waals surface area contributed by atoms with Gasteiger partial charge in [0.25, 0.3) is 0 Å². The zero-order valence-corrected chi connectivity index (χ0v) is 13.1. The van der Waals surface area contributed by atoms with Gasteiger partial charge in [0.2, 0.25) is 0 Å². The minimum Gasteiger partial charge on any atom is -0.390 e. The molecule has 22 heavy (non-hydrogen) atoms. The molecule has 4 heteroatoms. The van der Waals surface area contributed by atoms with Gasteiger partial charge in [-0.15, -0.1) is 0 Å². The van der Waals surface area contributed by atoms with Crippen LogP contribution in [0.1, 0.15) is 33.1 Å². The van der Waals surface area contributed by atoms with Crippen LogP contribution in [-0.4, -0.2) is 6.54 Å². The summed E-state index contributed by atoms with van der Waals surface area (Å²) in [4.78, 5) is 0. The van der Waals surface area contributed by atoms with E-state index >= 15 is 0 Å². The molecule has 0 radical (unpaired) electrons. The van der Waals surface area contributed by atoms with Crippen molar-refractivity contribution in [2.75, 3.05) is 11.9 Å². The summed E-state index contributed by atoms with van der Waals surface area (Å²) in [6.07, 6.45) is 5.11. The van der Waals surface area contributed by atoms with E-state index in [9.17, 15) is 8.78 Å². The number of halogens is 2. The van der Waals surface area contributed by atoms with Gasteiger partial charge in [0.1, 0.15) is 0 Å². The molecule has 0 aromatic heterocycles. The van der Waals surface area contributed by atoms with Crippen LogP contribution in [0.5, 0.6) is 0 Å². The van der Waals surface area contributed by atoms with Crippen molar-refractivity contribution in [2.24, 2.45) is 0 Å². The van der Waals surface area contributed by atoms with Crippen LogP contribution in [0.4, 0.5) is 14.5 Å². The summed E-state index contributed by atoms with van der Waals surface area (Å²) in [6.45, 7) is 9.19. The van der Waals surface area contributed by atoms with E-state index in [0.717, 1.165) is 43.5 Å². The highest BCUT2D eigenvalue weighted by atomic mass is 19.2. The van der Waals surface area contributed by atoms with E-state index in [1.807, 2.05) is 6.20 Å². The van der Waals surface area contributed by atoms with Crippen molar-refractivity contribution < 1.29 is 8.78 Å². The molecule has 0 saturated heterocycles. The van der Waals surface area contributed by atoms with Gasteiger partial charge in [-0.3, -0.25) is 0 Å². The largest absolute Gasteiger partial charge is 0.390 e. The maximum atomic E-state index is 13.3. The van der Waals surface area contributed by atoms with Gasteiger partial charge < -0.3 is 10.6 Å². The Labute approximate surface area is 130 Å². The van der Waals surface area contributed by atoms with Crippen LogP contribution < -0.4 is 10.6 Å². The molecule has 0 bridgehead atoms. The number of hydrogen-bond donors (Lipinski definition) is 2. The van der Waals surface area contributed by atoms with Crippen LogP contribution in [0.25, 0.3) is 0 Å². The third kappa shape index (κ3) is 3.75. The lowest BCUT2D eigenvalue weighted by Gasteiger charge is -2.20. The van der Waals surface area contributed by atoms with Crippen LogP contribution >= 0.6 is 0 Å². The molecule has 1 aliphatic rings. The standard InChI is InChI=1S/C18H22F2N2/c1-4-14-6-5-9-21-11-16(12(14)2)13(3)22-15-7-8-17(19)18(20)10-15/h7-8,10-11,21-22H,3-6,9H2,1-2H3/b14-12-,16-11+. The van der Waals surface area contributed by atoms with Crippen molar-refractivity contribution in [2.45, 2.75) is 33.1 Å². The molecule has 118 valence electrons. The Morgan fingerprint density at radius 2 is 2.09 bits per heavy atom. The molecule has 0 amide bonds. The Kier molecular flexibility index (Phi) is 5.36. The van der Waals surface area contributed by atoms with E-state index in [1.165, 1.54) is 17.2 Å². The van der Waals surface area contributed by atoms with Gasteiger partial charge in [0.05, 0.1) is 0 Å². The second-order valence-corrected chi connectivity index (χ2v) is 5.43. The fraction of sp³-hybridized carbons (Fsp3) is 0.333. The van der Waals surface area contributed by atoms with Crippen LogP contribution in [0.2, 0.25) is 0 Å². The molecular weight excluding hydrogens is 282 g/mol. The molecule has 0 spiro atoms. The zero-order chi connectivity index (χ0) is 16.1. The second-order valence-electron chi connectivity index (χ2n) is 5.43. The zero-order valence-electron chi connectivity index (χ0n) is 13.1. The van der Waals surface area contributed by atoms with Gasteiger partial charge >= 0.3 is 0 Å². The van der Waals surface area contributed by atoms with Gasteiger partial charge in [0, 0.05) is 35.8 Å². The van der Waals surface area contributed by atoms with Crippen LogP contribution in [0, 0.1) is 11.6 Å². The molecular formula is C18H22F2N2. The summed E-state index contributed by atoms with van der Waals surface area (Å²) in [5, 5.41) is 6.33. The van der Waals surface area contributed by atoms with E-state index in [0.29, 0.717) is 11.4 Å². The van der Waals surface area contributed by atoms with E-state index in [1.54, 1.807) is 0 Å². The van der Waals surface area contributed by atoms with Gasteiger partial charge in [-0.25, -0.2) is 8.78 Å². The third-order valence-electron chi connectivity index (χ3n) is 3.95. The average molecular weight is 304 g/mol. The van der Waals surface area contributed by atoms with E-state index in [4.69, 9.17) is 0 Å². The SMILES string of the molecule is C=C(Nc1ccc(F)c(F)c1)C1=C/NCCC/C(CC)=C\1C. The highest BCUT2D eigenvalue weighted by Gasteiger charge is 2.13. The summed E-state index contributed by atoms with van der Waals surface area (Å²) in [5.41, 5.74) is 4.72. The first-order chi connectivity index (χ1) is 10.5. The smallest absolute Gasteiger partial charge is 0.160 e. The molecule has 1 aliphatic heterocycles. The summed E-state index contributed by atoms with van der Waals surface area (Å²) >= 11 is 0. The van der Waals surface area contributed by atoms with Crippen molar-refractivity contribution in [3.63, 3.8) is 0 Å². The van der Waals surface area contributed by atoms with Crippen molar-refractivity contribution >= 4 is 5.69 Å². The van der Waals surface area contributed by atoms with Crippen molar-refractivity contribution in [3.8, 4) is 0 Å². The predicted molar refractivity (Wildman–Crippen MR) is 87.4 cm³/mol. The lowest BCUT2D eigenvalue weighted by molar-refractivity contribution is 0.509. The van der Waals surface area contributed by atoms with E-state index in [-0.39, 0.29) is 0 Å². The lowest BCUT2D eigenvalue weighted by atomic mass is 9.94. The molecule has 0 unspecified atom stereocenters. The van der Waals surface area contributed by atoms with Crippen molar-refractivity contribution in [3.05, 3.63) is 65.0 Å². The van der Waals surface area contributed by atoms with E-state index in [2.05, 4.69) is 31.1 Å². The fourth-order valence-electron chi connectivity index (χ4n) is 2.64. The molecule has 1 heterocycles. The summed E-state index contributed by atoms with van der Waals surface area (Å²) < 4.78 is 26.3. The minimum absolute atomic E-state index is 0.484. The average Bonchev–Trinajstić information content (AvgIpc) is 2.47. The number of allylic oxidation sites excluding steroid dienone is 2. The maximum Gasteiger partial charge on any atom is 0.160 e.